The molecule has 1 unspecified atom stereocenters. The summed E-state index contributed by atoms with van der Waals surface area (Å²) < 4.78 is 18.6. The predicted octanol–water partition coefficient (Wildman–Crippen LogP) is 3.36. The number of alkyl halides is 1. The summed E-state index contributed by atoms with van der Waals surface area (Å²) in [6, 6.07) is 2.87. The van der Waals surface area contributed by atoms with Crippen LogP contribution in [0.1, 0.15) is 41.3 Å². The molecule has 0 bridgehead atoms. The molecule has 0 spiro atoms. The van der Waals surface area contributed by atoms with Crippen molar-refractivity contribution in [1.82, 2.24) is 0 Å². The van der Waals surface area contributed by atoms with Crippen molar-refractivity contribution in [3.63, 3.8) is 0 Å². The highest BCUT2D eigenvalue weighted by Gasteiger charge is 2.51. The topological polar surface area (TPSA) is 43.4 Å². The first kappa shape index (κ1) is 15.2. The maximum atomic E-state index is 13.9. The summed E-state index contributed by atoms with van der Waals surface area (Å²) in [4.78, 5) is 23.0. The zero-order valence-corrected chi connectivity index (χ0v) is 13.2. The van der Waals surface area contributed by atoms with E-state index in [9.17, 15) is 14.0 Å². The molecular formula is C15H16BrFO3. The van der Waals surface area contributed by atoms with E-state index in [1.54, 1.807) is 13.0 Å². The fourth-order valence-electron chi connectivity index (χ4n) is 2.69. The van der Waals surface area contributed by atoms with Crippen LogP contribution in [0.4, 0.5) is 4.39 Å². The van der Waals surface area contributed by atoms with Crippen LogP contribution >= 0.6 is 15.9 Å². The zero-order valence-electron chi connectivity index (χ0n) is 11.6. The molecule has 0 aromatic heterocycles. The number of hydrogen-bond donors (Lipinski definition) is 0. The Balaban J connectivity index is 2.62. The number of benzene rings is 1. The number of ether oxygens (including phenoxy) is 1. The van der Waals surface area contributed by atoms with E-state index in [0.717, 1.165) is 0 Å². The molecule has 1 aromatic rings. The van der Waals surface area contributed by atoms with Crippen molar-refractivity contribution < 1.29 is 18.7 Å². The van der Waals surface area contributed by atoms with E-state index < -0.39 is 16.2 Å². The molecule has 1 atom stereocenters. The molecule has 1 fully saturated rings. The van der Waals surface area contributed by atoms with Crippen molar-refractivity contribution in [3.05, 3.63) is 34.6 Å². The maximum absolute atomic E-state index is 13.9. The number of methoxy groups -OCH3 is 1. The second-order valence-electron chi connectivity index (χ2n) is 5.16. The van der Waals surface area contributed by atoms with Crippen LogP contribution < -0.4 is 0 Å². The van der Waals surface area contributed by atoms with E-state index in [-0.39, 0.29) is 11.6 Å². The fraction of sp³-hybridized carbons (Fsp3) is 0.467. The van der Waals surface area contributed by atoms with Crippen LogP contribution in [0, 0.1) is 12.7 Å². The van der Waals surface area contributed by atoms with Gasteiger partial charge in [0.15, 0.2) is 0 Å². The second kappa shape index (κ2) is 5.28. The minimum Gasteiger partial charge on any atom is -0.468 e. The lowest BCUT2D eigenvalue weighted by Crippen LogP contribution is -2.23. The van der Waals surface area contributed by atoms with Crippen LogP contribution in [0.3, 0.4) is 0 Å². The average Bonchev–Trinajstić information content (AvgIpc) is 3.21. The van der Waals surface area contributed by atoms with E-state index in [2.05, 4.69) is 15.9 Å². The largest absolute Gasteiger partial charge is 0.468 e. The van der Waals surface area contributed by atoms with Crippen LogP contribution in [0.15, 0.2) is 12.1 Å². The lowest BCUT2D eigenvalue weighted by molar-refractivity contribution is -0.140. The van der Waals surface area contributed by atoms with Gasteiger partial charge in [0, 0.05) is 0 Å². The van der Waals surface area contributed by atoms with E-state index in [0.29, 0.717) is 29.5 Å². The minimum absolute atomic E-state index is 0.0111. The number of carbonyl (C=O) groups excluding carboxylic acids is 2. The highest BCUT2D eigenvalue weighted by molar-refractivity contribution is 9.09. The van der Waals surface area contributed by atoms with Gasteiger partial charge >= 0.3 is 5.97 Å². The van der Waals surface area contributed by atoms with Crippen LogP contribution in [0.2, 0.25) is 0 Å². The SMILES string of the molecule is COC(=O)C(Br)c1ccc(F)c(C)c1C1(C(C)=O)CC1. The van der Waals surface area contributed by atoms with Crippen molar-refractivity contribution in [2.45, 2.75) is 36.9 Å². The average molecular weight is 343 g/mol. The fourth-order valence-corrected chi connectivity index (χ4v) is 3.26. The number of halogens is 2. The molecule has 1 saturated carbocycles. The molecule has 1 aliphatic rings. The smallest absolute Gasteiger partial charge is 0.324 e. The highest BCUT2D eigenvalue weighted by Crippen LogP contribution is 2.53. The van der Waals surface area contributed by atoms with Crippen LogP contribution in [0.5, 0.6) is 0 Å². The molecule has 0 heterocycles. The normalized spacial score (nSPS) is 17.4. The Labute approximate surface area is 125 Å². The first-order chi connectivity index (χ1) is 9.35. The third-order valence-corrected chi connectivity index (χ3v) is 4.88. The van der Waals surface area contributed by atoms with Crippen LogP contribution in [-0.4, -0.2) is 18.9 Å². The van der Waals surface area contributed by atoms with Crippen molar-refractivity contribution in [2.75, 3.05) is 7.11 Å². The number of esters is 1. The standard InChI is InChI=1S/C15H16BrFO3/c1-8-11(17)5-4-10(13(16)14(19)20-3)12(8)15(6-7-15)9(2)18/h4-5,13H,6-7H2,1-3H3. The molecule has 5 heteroatoms. The lowest BCUT2D eigenvalue weighted by Gasteiger charge is -2.22. The number of ketones is 1. The molecule has 0 radical (unpaired) electrons. The third-order valence-electron chi connectivity index (χ3n) is 4.01. The highest BCUT2D eigenvalue weighted by atomic mass is 79.9. The monoisotopic (exact) mass is 342 g/mol. The second-order valence-corrected chi connectivity index (χ2v) is 6.08. The summed E-state index contributed by atoms with van der Waals surface area (Å²) in [6.45, 7) is 3.16. The Bertz CT molecular complexity index is 579. The van der Waals surface area contributed by atoms with Crippen LogP contribution in [-0.2, 0) is 19.7 Å². The Morgan fingerprint density at radius 3 is 2.45 bits per heavy atom. The number of rotatable bonds is 4. The summed E-state index contributed by atoms with van der Waals surface area (Å²) in [5.41, 5.74) is 1.05. The van der Waals surface area contributed by atoms with Gasteiger partial charge in [-0.15, -0.1) is 0 Å². The molecule has 2 rings (SSSR count). The van der Waals surface area contributed by atoms with Gasteiger partial charge in [-0.2, -0.15) is 0 Å². The van der Waals surface area contributed by atoms with E-state index in [1.807, 2.05) is 0 Å². The van der Waals surface area contributed by atoms with Gasteiger partial charge < -0.3 is 4.74 Å². The first-order valence-electron chi connectivity index (χ1n) is 6.37. The Morgan fingerprint density at radius 1 is 1.40 bits per heavy atom. The van der Waals surface area contributed by atoms with Gasteiger partial charge in [-0.25, -0.2) is 4.39 Å². The molecule has 0 N–H and O–H groups in total. The summed E-state index contributed by atoms with van der Waals surface area (Å²) in [5.74, 6) is -0.811. The molecule has 0 saturated heterocycles. The number of Topliss-reactive ketones (excluding diaryl/α,β-unsaturated/α-hetero) is 1. The number of hydrogen-bond acceptors (Lipinski definition) is 3. The summed E-state index contributed by atoms with van der Waals surface area (Å²) in [5, 5.41) is 0. The zero-order chi connectivity index (χ0) is 15.1. The van der Waals surface area contributed by atoms with Crippen LogP contribution in [0.25, 0.3) is 0 Å². The lowest BCUT2D eigenvalue weighted by atomic mass is 9.83. The van der Waals surface area contributed by atoms with Crippen molar-refractivity contribution >= 4 is 27.7 Å². The quantitative estimate of drug-likeness (QED) is 0.622. The van der Waals surface area contributed by atoms with Gasteiger partial charge in [-0.1, -0.05) is 22.0 Å². The predicted molar refractivity (Wildman–Crippen MR) is 76.4 cm³/mol. The van der Waals surface area contributed by atoms with Gasteiger partial charge in [-0.3, -0.25) is 9.59 Å². The molecular weight excluding hydrogens is 327 g/mol. The molecule has 108 valence electrons. The Kier molecular flexibility index (Phi) is 4.00. The van der Waals surface area contributed by atoms with Gasteiger partial charge in [0.05, 0.1) is 12.5 Å². The summed E-state index contributed by atoms with van der Waals surface area (Å²) in [6.07, 6.45) is 1.39. The van der Waals surface area contributed by atoms with Crippen molar-refractivity contribution in [2.24, 2.45) is 0 Å². The van der Waals surface area contributed by atoms with Gasteiger partial charge in [0.2, 0.25) is 0 Å². The number of carbonyl (C=O) groups is 2. The Hall–Kier alpha value is -1.23. The van der Waals surface area contributed by atoms with Crippen molar-refractivity contribution in [3.8, 4) is 0 Å². The molecule has 1 aromatic carbocycles. The van der Waals surface area contributed by atoms with Crippen molar-refractivity contribution in [1.29, 1.82) is 0 Å². The molecule has 20 heavy (non-hydrogen) atoms. The minimum atomic E-state index is -0.696. The maximum Gasteiger partial charge on any atom is 0.324 e. The van der Waals surface area contributed by atoms with Gasteiger partial charge in [0.25, 0.3) is 0 Å². The van der Waals surface area contributed by atoms with Gasteiger partial charge in [-0.05, 0) is 49.4 Å². The van der Waals surface area contributed by atoms with Gasteiger partial charge in [0.1, 0.15) is 16.4 Å². The molecule has 0 aliphatic heterocycles. The van der Waals surface area contributed by atoms with E-state index in [1.165, 1.54) is 20.1 Å². The molecule has 0 amide bonds. The van der Waals surface area contributed by atoms with E-state index >= 15 is 0 Å². The first-order valence-corrected chi connectivity index (χ1v) is 7.29. The molecule has 3 nitrogen and oxygen atoms in total. The Morgan fingerprint density at radius 2 is 2.00 bits per heavy atom. The third kappa shape index (κ3) is 2.28. The summed E-state index contributed by atoms with van der Waals surface area (Å²) >= 11 is 3.28. The summed E-state index contributed by atoms with van der Waals surface area (Å²) in [7, 11) is 1.30. The van der Waals surface area contributed by atoms with E-state index in [4.69, 9.17) is 4.74 Å². The molecule has 1 aliphatic carbocycles.